The van der Waals surface area contributed by atoms with Gasteiger partial charge in [-0.1, -0.05) is 11.6 Å². The summed E-state index contributed by atoms with van der Waals surface area (Å²) >= 11 is 5.90. The summed E-state index contributed by atoms with van der Waals surface area (Å²) < 4.78 is 0. The van der Waals surface area contributed by atoms with Gasteiger partial charge in [0.05, 0.1) is 6.10 Å². The van der Waals surface area contributed by atoms with Crippen molar-refractivity contribution < 1.29 is 5.11 Å². The van der Waals surface area contributed by atoms with Crippen LogP contribution in [0.25, 0.3) is 0 Å². The number of fused-ring (bicyclic) bond motifs is 2. The van der Waals surface area contributed by atoms with Gasteiger partial charge in [0.2, 0.25) is 0 Å². The molecule has 16 heavy (non-hydrogen) atoms. The Bertz CT molecular complexity index is 364. The fraction of sp³-hybridized carbons (Fsp3) is 0.538. The molecule has 2 atom stereocenters. The molecule has 0 aromatic heterocycles. The molecular weight excluding hydrogens is 222 g/mol. The Balaban J connectivity index is 1.88. The molecule has 0 radical (unpaired) electrons. The average molecular weight is 238 g/mol. The van der Waals surface area contributed by atoms with Crippen LogP contribution in [0, 0.1) is 0 Å². The van der Waals surface area contributed by atoms with Gasteiger partial charge < -0.3 is 10.0 Å². The van der Waals surface area contributed by atoms with Crippen molar-refractivity contribution in [2.24, 2.45) is 0 Å². The van der Waals surface area contributed by atoms with Crippen LogP contribution in [0.1, 0.15) is 25.7 Å². The van der Waals surface area contributed by atoms with Crippen LogP contribution in [0.15, 0.2) is 24.3 Å². The van der Waals surface area contributed by atoms with Gasteiger partial charge in [0.15, 0.2) is 0 Å². The lowest BCUT2D eigenvalue weighted by atomic mass is 9.99. The molecule has 1 aromatic rings. The minimum Gasteiger partial charge on any atom is -0.393 e. The Labute approximate surface area is 101 Å². The topological polar surface area (TPSA) is 23.5 Å². The molecule has 3 heteroatoms. The zero-order chi connectivity index (χ0) is 11.1. The third-order valence-electron chi connectivity index (χ3n) is 3.83. The average Bonchev–Trinajstić information content (AvgIpc) is 2.54. The third-order valence-corrected chi connectivity index (χ3v) is 4.08. The molecule has 2 heterocycles. The highest BCUT2D eigenvalue weighted by Gasteiger charge is 2.39. The third kappa shape index (κ3) is 1.70. The first-order valence-electron chi connectivity index (χ1n) is 5.96. The Morgan fingerprint density at radius 3 is 2.19 bits per heavy atom. The van der Waals surface area contributed by atoms with E-state index >= 15 is 0 Å². The van der Waals surface area contributed by atoms with Gasteiger partial charge in [-0.3, -0.25) is 0 Å². The van der Waals surface area contributed by atoms with E-state index in [1.807, 2.05) is 12.1 Å². The van der Waals surface area contributed by atoms with Gasteiger partial charge in [-0.2, -0.15) is 0 Å². The lowest BCUT2D eigenvalue weighted by molar-refractivity contribution is 0.126. The van der Waals surface area contributed by atoms with Crippen molar-refractivity contribution >= 4 is 17.3 Å². The summed E-state index contributed by atoms with van der Waals surface area (Å²) in [4.78, 5) is 2.48. The number of piperidine rings is 1. The van der Waals surface area contributed by atoms with E-state index < -0.39 is 0 Å². The van der Waals surface area contributed by atoms with Gasteiger partial charge in [0, 0.05) is 22.8 Å². The lowest BCUT2D eigenvalue weighted by Crippen LogP contribution is -2.44. The van der Waals surface area contributed by atoms with Gasteiger partial charge >= 0.3 is 0 Å². The predicted molar refractivity (Wildman–Crippen MR) is 66.0 cm³/mol. The van der Waals surface area contributed by atoms with E-state index in [2.05, 4.69) is 17.0 Å². The van der Waals surface area contributed by atoms with Crippen LogP contribution >= 0.6 is 11.6 Å². The number of benzene rings is 1. The van der Waals surface area contributed by atoms with E-state index in [0.717, 1.165) is 17.9 Å². The number of nitrogens with zero attached hydrogens (tertiary/aromatic N) is 1. The molecule has 2 aliphatic rings. The van der Waals surface area contributed by atoms with Crippen molar-refractivity contribution in [3.63, 3.8) is 0 Å². The molecule has 0 spiro atoms. The summed E-state index contributed by atoms with van der Waals surface area (Å²) in [6.07, 6.45) is 4.16. The Kier molecular flexibility index (Phi) is 2.56. The highest BCUT2D eigenvalue weighted by molar-refractivity contribution is 6.30. The van der Waals surface area contributed by atoms with Crippen molar-refractivity contribution in [3.8, 4) is 0 Å². The second kappa shape index (κ2) is 3.94. The summed E-state index contributed by atoms with van der Waals surface area (Å²) in [7, 11) is 0. The van der Waals surface area contributed by atoms with Gasteiger partial charge in [-0.05, 0) is 49.9 Å². The maximum Gasteiger partial charge on any atom is 0.0579 e. The van der Waals surface area contributed by atoms with Crippen molar-refractivity contribution in [2.75, 3.05) is 4.90 Å². The summed E-state index contributed by atoms with van der Waals surface area (Å²) in [5, 5.41) is 10.5. The Hall–Kier alpha value is -0.730. The summed E-state index contributed by atoms with van der Waals surface area (Å²) in [5.41, 5.74) is 1.25. The first-order valence-corrected chi connectivity index (χ1v) is 6.34. The van der Waals surface area contributed by atoms with Gasteiger partial charge in [0.1, 0.15) is 0 Å². The van der Waals surface area contributed by atoms with Gasteiger partial charge in [0.25, 0.3) is 0 Å². The summed E-state index contributed by atoms with van der Waals surface area (Å²) in [5.74, 6) is 0. The van der Waals surface area contributed by atoms with E-state index in [0.29, 0.717) is 12.1 Å². The SMILES string of the molecule is OC1CC2CCC(C1)N2c1ccc(Cl)cc1. The first kappa shape index (κ1) is 10.4. The summed E-state index contributed by atoms with van der Waals surface area (Å²) in [6, 6.07) is 9.12. The molecule has 0 amide bonds. The molecule has 1 N–H and O–H groups in total. The number of aliphatic hydroxyl groups is 1. The number of aliphatic hydroxyl groups excluding tert-OH is 1. The second-order valence-electron chi connectivity index (χ2n) is 4.89. The monoisotopic (exact) mass is 237 g/mol. The standard InChI is InChI=1S/C13H16ClNO/c14-9-1-3-10(4-2-9)15-11-5-6-12(15)8-13(16)7-11/h1-4,11-13,16H,5-8H2. The highest BCUT2D eigenvalue weighted by atomic mass is 35.5. The van der Waals surface area contributed by atoms with Gasteiger partial charge in [-0.25, -0.2) is 0 Å². The molecule has 2 aliphatic heterocycles. The molecular formula is C13H16ClNO. The molecule has 86 valence electrons. The zero-order valence-electron chi connectivity index (χ0n) is 9.14. The largest absolute Gasteiger partial charge is 0.393 e. The minimum absolute atomic E-state index is 0.0962. The maximum atomic E-state index is 9.75. The number of anilines is 1. The second-order valence-corrected chi connectivity index (χ2v) is 5.33. The fourth-order valence-corrected chi connectivity index (χ4v) is 3.31. The van der Waals surface area contributed by atoms with E-state index in [-0.39, 0.29) is 6.10 Å². The smallest absolute Gasteiger partial charge is 0.0579 e. The zero-order valence-corrected chi connectivity index (χ0v) is 9.90. The van der Waals surface area contributed by atoms with E-state index in [1.54, 1.807) is 0 Å². The Morgan fingerprint density at radius 2 is 1.62 bits per heavy atom. The molecule has 1 aromatic carbocycles. The van der Waals surface area contributed by atoms with E-state index in [4.69, 9.17) is 11.6 Å². The fourth-order valence-electron chi connectivity index (χ4n) is 3.18. The van der Waals surface area contributed by atoms with Crippen molar-refractivity contribution in [2.45, 2.75) is 43.9 Å². The molecule has 0 aliphatic carbocycles. The number of hydrogen-bond acceptors (Lipinski definition) is 2. The van der Waals surface area contributed by atoms with Crippen LogP contribution in [0.5, 0.6) is 0 Å². The molecule has 2 bridgehead atoms. The van der Waals surface area contributed by atoms with Crippen LogP contribution in [-0.2, 0) is 0 Å². The summed E-state index contributed by atoms with van der Waals surface area (Å²) in [6.45, 7) is 0. The molecule has 2 nitrogen and oxygen atoms in total. The van der Waals surface area contributed by atoms with E-state index in [1.165, 1.54) is 18.5 Å². The van der Waals surface area contributed by atoms with Crippen molar-refractivity contribution in [3.05, 3.63) is 29.3 Å². The number of rotatable bonds is 1. The predicted octanol–water partition coefficient (Wildman–Crippen LogP) is 2.83. The van der Waals surface area contributed by atoms with Crippen LogP contribution in [0.4, 0.5) is 5.69 Å². The van der Waals surface area contributed by atoms with Crippen molar-refractivity contribution in [1.29, 1.82) is 0 Å². The maximum absolute atomic E-state index is 9.75. The molecule has 2 unspecified atom stereocenters. The number of halogens is 1. The van der Waals surface area contributed by atoms with Crippen LogP contribution < -0.4 is 4.90 Å². The van der Waals surface area contributed by atoms with Gasteiger partial charge in [-0.15, -0.1) is 0 Å². The normalized spacial score (nSPS) is 33.1. The lowest BCUT2D eigenvalue weighted by Gasteiger charge is -2.39. The quantitative estimate of drug-likeness (QED) is 0.812. The van der Waals surface area contributed by atoms with Crippen LogP contribution in [0.3, 0.4) is 0 Å². The van der Waals surface area contributed by atoms with E-state index in [9.17, 15) is 5.11 Å². The molecule has 0 saturated carbocycles. The van der Waals surface area contributed by atoms with Crippen molar-refractivity contribution in [1.82, 2.24) is 0 Å². The highest BCUT2D eigenvalue weighted by Crippen LogP contribution is 2.39. The minimum atomic E-state index is -0.0962. The molecule has 2 fully saturated rings. The number of hydrogen-bond donors (Lipinski definition) is 1. The molecule has 2 saturated heterocycles. The van der Waals surface area contributed by atoms with Crippen LogP contribution in [-0.4, -0.2) is 23.3 Å². The molecule has 3 rings (SSSR count). The van der Waals surface area contributed by atoms with Crippen LogP contribution in [0.2, 0.25) is 5.02 Å². The Morgan fingerprint density at radius 1 is 1.06 bits per heavy atom. The first-order chi connectivity index (χ1) is 7.74.